The maximum atomic E-state index is 13.4. The van der Waals surface area contributed by atoms with Crippen molar-refractivity contribution in [3.63, 3.8) is 0 Å². The number of esters is 1. The number of hydrogen-bond acceptors (Lipinski definition) is 5. The van der Waals surface area contributed by atoms with Gasteiger partial charge in [0.1, 0.15) is 5.82 Å². The molecule has 7 heteroatoms. The molecule has 0 bridgehead atoms. The molecule has 2 atom stereocenters. The predicted octanol–water partition coefficient (Wildman–Crippen LogP) is 3.43. The minimum Gasteiger partial charge on any atom is -0.459 e. The van der Waals surface area contributed by atoms with Gasteiger partial charge in [0.25, 0.3) is 0 Å². The molecule has 1 fully saturated rings. The lowest BCUT2D eigenvalue weighted by Crippen LogP contribution is -2.40. The first-order valence-electron chi connectivity index (χ1n) is 8.05. The number of benzene rings is 1. The van der Waals surface area contributed by atoms with Crippen molar-refractivity contribution in [3.05, 3.63) is 46.9 Å². The standard InChI is InChI=1S/C18H19FN2O3S/c1-9(2)24-17(23)14-10(3)20-18-21(16(22)11(4)25-18)15(14)12-5-7-13(19)8-6-12/h5-9,11,15H,1-4H3/t11-,15-/m1/s1. The second-order valence-corrected chi connectivity index (χ2v) is 7.58. The molecule has 0 N–H and O–H groups in total. The molecule has 1 amide bonds. The Morgan fingerprint density at radius 1 is 1.32 bits per heavy atom. The minimum absolute atomic E-state index is 0.125. The fraction of sp³-hybridized carbons (Fsp3) is 0.389. The first-order valence-corrected chi connectivity index (χ1v) is 8.93. The van der Waals surface area contributed by atoms with Gasteiger partial charge in [-0.15, -0.1) is 0 Å². The maximum Gasteiger partial charge on any atom is 0.338 e. The Morgan fingerprint density at radius 3 is 2.56 bits per heavy atom. The first kappa shape index (κ1) is 17.7. The molecule has 0 saturated carbocycles. The van der Waals surface area contributed by atoms with E-state index < -0.39 is 12.0 Å². The van der Waals surface area contributed by atoms with Crippen LogP contribution >= 0.6 is 11.8 Å². The average Bonchev–Trinajstić information content (AvgIpc) is 2.80. The highest BCUT2D eigenvalue weighted by molar-refractivity contribution is 8.15. The lowest BCUT2D eigenvalue weighted by atomic mass is 9.94. The molecular formula is C18H19FN2O3S. The lowest BCUT2D eigenvalue weighted by Gasteiger charge is -2.33. The third-order valence-corrected chi connectivity index (χ3v) is 5.06. The fourth-order valence-corrected chi connectivity index (χ4v) is 3.93. The van der Waals surface area contributed by atoms with Crippen molar-refractivity contribution in [2.75, 3.05) is 0 Å². The second-order valence-electron chi connectivity index (χ2n) is 6.27. The topological polar surface area (TPSA) is 59.0 Å². The molecular weight excluding hydrogens is 343 g/mol. The predicted molar refractivity (Wildman–Crippen MR) is 94.4 cm³/mol. The molecule has 0 aromatic heterocycles. The SMILES string of the molecule is CC1=C(C(=O)OC(C)C)[C@@H](c2ccc(F)cc2)N2C(=O)[C@@H](C)SC2=N1. The minimum atomic E-state index is -0.663. The van der Waals surface area contributed by atoms with Gasteiger partial charge < -0.3 is 4.74 Å². The first-order chi connectivity index (χ1) is 11.8. The summed E-state index contributed by atoms with van der Waals surface area (Å²) in [7, 11) is 0. The largest absolute Gasteiger partial charge is 0.459 e. The van der Waals surface area contributed by atoms with E-state index in [0.717, 1.165) is 0 Å². The summed E-state index contributed by atoms with van der Waals surface area (Å²) >= 11 is 1.36. The normalized spacial score (nSPS) is 23.0. The summed E-state index contributed by atoms with van der Waals surface area (Å²) in [5.74, 6) is -1.02. The second kappa shape index (κ2) is 6.63. The van der Waals surface area contributed by atoms with Crippen molar-refractivity contribution in [3.8, 4) is 0 Å². The molecule has 1 saturated heterocycles. The summed E-state index contributed by atoms with van der Waals surface area (Å²) in [4.78, 5) is 31.3. The third kappa shape index (κ3) is 3.20. The van der Waals surface area contributed by atoms with Crippen LogP contribution < -0.4 is 0 Å². The van der Waals surface area contributed by atoms with Crippen molar-refractivity contribution in [2.45, 2.75) is 45.1 Å². The average molecular weight is 362 g/mol. The van der Waals surface area contributed by atoms with E-state index in [-0.39, 0.29) is 23.1 Å². The van der Waals surface area contributed by atoms with Crippen LogP contribution in [-0.4, -0.2) is 33.3 Å². The van der Waals surface area contributed by atoms with Gasteiger partial charge in [0, 0.05) is 0 Å². The van der Waals surface area contributed by atoms with Crippen molar-refractivity contribution < 1.29 is 18.7 Å². The lowest BCUT2D eigenvalue weighted by molar-refractivity contribution is -0.143. The van der Waals surface area contributed by atoms with Crippen LogP contribution in [0, 0.1) is 5.82 Å². The van der Waals surface area contributed by atoms with Gasteiger partial charge in [0.2, 0.25) is 5.91 Å². The molecule has 0 radical (unpaired) electrons. The van der Waals surface area contributed by atoms with Crippen molar-refractivity contribution in [1.29, 1.82) is 0 Å². The molecule has 2 aliphatic heterocycles. The monoisotopic (exact) mass is 362 g/mol. The summed E-state index contributed by atoms with van der Waals surface area (Å²) in [6.07, 6.45) is -0.297. The van der Waals surface area contributed by atoms with E-state index >= 15 is 0 Å². The van der Waals surface area contributed by atoms with Gasteiger partial charge in [-0.05, 0) is 45.4 Å². The quantitative estimate of drug-likeness (QED) is 0.773. The Bertz CT molecular complexity index is 786. The van der Waals surface area contributed by atoms with Crippen LogP contribution in [0.2, 0.25) is 0 Å². The summed E-state index contributed by atoms with van der Waals surface area (Å²) in [5, 5.41) is 0.278. The van der Waals surface area contributed by atoms with E-state index in [4.69, 9.17) is 4.74 Å². The van der Waals surface area contributed by atoms with E-state index in [2.05, 4.69) is 4.99 Å². The number of ether oxygens (including phenoxy) is 1. The maximum absolute atomic E-state index is 13.4. The Kier molecular flexibility index (Phi) is 4.69. The number of amidine groups is 1. The summed E-state index contributed by atoms with van der Waals surface area (Å²) in [5.41, 5.74) is 1.47. The molecule has 3 rings (SSSR count). The molecule has 132 valence electrons. The summed E-state index contributed by atoms with van der Waals surface area (Å²) in [6.45, 7) is 7.05. The van der Waals surface area contributed by atoms with Gasteiger partial charge in [-0.25, -0.2) is 14.2 Å². The number of halogens is 1. The van der Waals surface area contributed by atoms with Gasteiger partial charge >= 0.3 is 5.97 Å². The Balaban J connectivity index is 2.12. The molecule has 1 aromatic rings. The van der Waals surface area contributed by atoms with Gasteiger partial charge in [0.15, 0.2) is 5.17 Å². The third-order valence-electron chi connectivity index (χ3n) is 4.01. The number of nitrogens with zero attached hydrogens (tertiary/aromatic N) is 2. The van der Waals surface area contributed by atoms with Crippen LogP contribution in [0.5, 0.6) is 0 Å². The summed E-state index contributed by atoms with van der Waals surface area (Å²) < 4.78 is 18.7. The van der Waals surface area contributed by atoms with Gasteiger partial charge in [-0.1, -0.05) is 23.9 Å². The highest BCUT2D eigenvalue weighted by Crippen LogP contribution is 2.43. The zero-order chi connectivity index (χ0) is 18.3. The number of hydrogen-bond donors (Lipinski definition) is 0. The number of allylic oxidation sites excluding steroid dienone is 1. The van der Waals surface area contributed by atoms with Crippen LogP contribution in [0.3, 0.4) is 0 Å². The van der Waals surface area contributed by atoms with Crippen molar-refractivity contribution in [2.24, 2.45) is 4.99 Å². The van der Waals surface area contributed by atoms with Crippen LogP contribution in [0.15, 0.2) is 40.5 Å². The molecule has 0 aliphatic carbocycles. The van der Waals surface area contributed by atoms with Gasteiger partial charge in [-0.3, -0.25) is 9.69 Å². The zero-order valence-corrected chi connectivity index (χ0v) is 15.3. The highest BCUT2D eigenvalue weighted by Gasteiger charge is 2.46. The van der Waals surface area contributed by atoms with Crippen LogP contribution in [0.25, 0.3) is 0 Å². The number of thioether (sulfide) groups is 1. The zero-order valence-electron chi connectivity index (χ0n) is 14.4. The van der Waals surface area contributed by atoms with Crippen molar-refractivity contribution >= 4 is 28.8 Å². The molecule has 0 spiro atoms. The number of carbonyl (C=O) groups is 2. The number of rotatable bonds is 3. The van der Waals surface area contributed by atoms with E-state index in [0.29, 0.717) is 22.0 Å². The van der Waals surface area contributed by atoms with Crippen LogP contribution in [0.1, 0.15) is 39.3 Å². The van der Waals surface area contributed by atoms with E-state index in [9.17, 15) is 14.0 Å². The van der Waals surface area contributed by atoms with Gasteiger partial charge in [0.05, 0.1) is 28.7 Å². The molecule has 2 aliphatic rings. The van der Waals surface area contributed by atoms with Crippen LogP contribution in [-0.2, 0) is 14.3 Å². The molecule has 25 heavy (non-hydrogen) atoms. The van der Waals surface area contributed by atoms with Crippen LogP contribution in [0.4, 0.5) is 4.39 Å². The molecule has 1 aromatic carbocycles. The van der Waals surface area contributed by atoms with E-state index in [1.165, 1.54) is 28.8 Å². The fourth-order valence-electron chi connectivity index (χ4n) is 2.90. The smallest absolute Gasteiger partial charge is 0.338 e. The molecule has 2 heterocycles. The van der Waals surface area contributed by atoms with Gasteiger partial charge in [-0.2, -0.15) is 0 Å². The van der Waals surface area contributed by atoms with E-state index in [1.54, 1.807) is 39.8 Å². The Labute approximate surface area is 149 Å². The number of aliphatic imine (C=N–C) groups is 1. The highest BCUT2D eigenvalue weighted by atomic mass is 32.2. The Hall–Kier alpha value is -2.15. The van der Waals surface area contributed by atoms with E-state index in [1.807, 2.05) is 0 Å². The molecule has 5 nitrogen and oxygen atoms in total. The number of amides is 1. The number of fused-ring (bicyclic) bond motifs is 1. The Morgan fingerprint density at radius 2 is 1.96 bits per heavy atom. The summed E-state index contributed by atoms with van der Waals surface area (Å²) in [6, 6.07) is 5.14. The molecule has 0 unspecified atom stereocenters. The number of carbonyl (C=O) groups excluding carboxylic acids is 2. The van der Waals surface area contributed by atoms with Crippen molar-refractivity contribution in [1.82, 2.24) is 4.90 Å².